The Bertz CT molecular complexity index is 671. The van der Waals surface area contributed by atoms with Gasteiger partial charge in [0.1, 0.15) is 0 Å². The van der Waals surface area contributed by atoms with E-state index < -0.39 is 5.97 Å². The number of hydrogen-bond donors (Lipinski definition) is 1. The highest BCUT2D eigenvalue weighted by molar-refractivity contribution is 5.81. The van der Waals surface area contributed by atoms with Crippen molar-refractivity contribution in [2.24, 2.45) is 0 Å². The molecule has 0 radical (unpaired) electrons. The fourth-order valence-electron chi connectivity index (χ4n) is 2.09. The van der Waals surface area contributed by atoms with Crippen LogP contribution in [0.2, 0.25) is 0 Å². The van der Waals surface area contributed by atoms with Crippen LogP contribution in [0, 0.1) is 20.8 Å². The van der Waals surface area contributed by atoms with Crippen LogP contribution >= 0.6 is 0 Å². The Morgan fingerprint density at radius 1 is 1.00 bits per heavy atom. The summed E-state index contributed by atoms with van der Waals surface area (Å²) < 4.78 is 0. The molecule has 2 nitrogen and oxygen atoms in total. The van der Waals surface area contributed by atoms with Gasteiger partial charge in [0.2, 0.25) is 0 Å². The summed E-state index contributed by atoms with van der Waals surface area (Å²) >= 11 is 0. The topological polar surface area (TPSA) is 37.3 Å². The number of carboxylic acid groups (broad SMARTS) is 1. The summed E-state index contributed by atoms with van der Waals surface area (Å²) in [4.78, 5) is 10.5. The highest BCUT2D eigenvalue weighted by atomic mass is 16.4. The molecule has 22 heavy (non-hydrogen) atoms. The van der Waals surface area contributed by atoms with Crippen molar-refractivity contribution in [1.29, 1.82) is 0 Å². The lowest BCUT2D eigenvalue weighted by atomic mass is 9.97. The standard InChI is InChI=1S/C20H24O2/c1-14(7-6-8-15(2)13-20(21)22)9-12-19-17(4)11-10-16(3)18(19)5/h6-13H,1-5H3,(H,21,22)/b8-6+,12-9+,14-7+,15-13+. The van der Waals surface area contributed by atoms with Crippen LogP contribution in [-0.2, 0) is 4.79 Å². The van der Waals surface area contributed by atoms with Crippen LogP contribution in [0.15, 0.2) is 53.7 Å². The summed E-state index contributed by atoms with van der Waals surface area (Å²) in [5.41, 5.74) is 6.95. The Hall–Kier alpha value is -2.35. The van der Waals surface area contributed by atoms with Gasteiger partial charge in [-0.3, -0.25) is 0 Å². The number of allylic oxidation sites excluding steroid dienone is 6. The van der Waals surface area contributed by atoms with Gasteiger partial charge < -0.3 is 5.11 Å². The van der Waals surface area contributed by atoms with Crippen molar-refractivity contribution in [3.8, 4) is 0 Å². The summed E-state index contributed by atoms with van der Waals surface area (Å²) in [7, 11) is 0. The van der Waals surface area contributed by atoms with Crippen LogP contribution in [-0.4, -0.2) is 11.1 Å². The Labute approximate surface area is 133 Å². The fourth-order valence-corrected chi connectivity index (χ4v) is 2.09. The third-order valence-electron chi connectivity index (χ3n) is 3.59. The predicted molar refractivity (Wildman–Crippen MR) is 94.0 cm³/mol. The molecule has 1 aromatic carbocycles. The van der Waals surface area contributed by atoms with E-state index in [1.54, 1.807) is 13.0 Å². The minimum Gasteiger partial charge on any atom is -0.478 e. The number of carbonyl (C=O) groups is 1. The molecule has 0 unspecified atom stereocenters. The Kier molecular flexibility index (Phi) is 6.58. The number of aliphatic carboxylic acids is 1. The van der Waals surface area contributed by atoms with E-state index in [0.29, 0.717) is 5.57 Å². The second kappa shape index (κ2) is 8.18. The number of rotatable bonds is 5. The molecule has 0 saturated heterocycles. The van der Waals surface area contributed by atoms with Crippen molar-refractivity contribution < 1.29 is 9.90 Å². The second-order valence-corrected chi connectivity index (χ2v) is 5.57. The van der Waals surface area contributed by atoms with Gasteiger partial charge in [0.15, 0.2) is 0 Å². The Morgan fingerprint density at radius 3 is 2.27 bits per heavy atom. The van der Waals surface area contributed by atoms with Gasteiger partial charge in [0, 0.05) is 6.08 Å². The molecule has 0 bridgehead atoms. The molecule has 0 fully saturated rings. The summed E-state index contributed by atoms with van der Waals surface area (Å²) in [6.07, 6.45) is 11.0. The summed E-state index contributed by atoms with van der Waals surface area (Å²) in [6, 6.07) is 4.28. The second-order valence-electron chi connectivity index (χ2n) is 5.57. The van der Waals surface area contributed by atoms with Gasteiger partial charge in [-0.05, 0) is 62.4 Å². The average Bonchev–Trinajstić information content (AvgIpc) is 2.42. The lowest BCUT2D eigenvalue weighted by Gasteiger charge is -2.08. The van der Waals surface area contributed by atoms with Crippen LogP contribution in [0.25, 0.3) is 6.08 Å². The van der Waals surface area contributed by atoms with E-state index in [9.17, 15) is 4.79 Å². The largest absolute Gasteiger partial charge is 0.478 e. The molecule has 0 amide bonds. The summed E-state index contributed by atoms with van der Waals surface area (Å²) in [6.45, 7) is 10.2. The number of carboxylic acids is 1. The Balaban J connectivity index is 2.87. The summed E-state index contributed by atoms with van der Waals surface area (Å²) in [5.74, 6) is -0.923. The molecule has 0 atom stereocenters. The summed E-state index contributed by atoms with van der Waals surface area (Å²) in [5, 5.41) is 8.64. The van der Waals surface area contributed by atoms with Crippen molar-refractivity contribution >= 4 is 12.0 Å². The van der Waals surface area contributed by atoms with Crippen LogP contribution in [0.1, 0.15) is 36.1 Å². The first-order valence-corrected chi connectivity index (χ1v) is 7.32. The third kappa shape index (κ3) is 5.57. The van der Waals surface area contributed by atoms with Crippen molar-refractivity contribution in [3.05, 3.63) is 75.9 Å². The van der Waals surface area contributed by atoms with Gasteiger partial charge in [-0.1, -0.05) is 48.1 Å². The first-order valence-electron chi connectivity index (χ1n) is 7.32. The van der Waals surface area contributed by atoms with Crippen LogP contribution in [0.3, 0.4) is 0 Å². The zero-order chi connectivity index (χ0) is 16.7. The average molecular weight is 296 g/mol. The molecule has 0 aliphatic carbocycles. The van der Waals surface area contributed by atoms with Gasteiger partial charge in [0.05, 0.1) is 0 Å². The Morgan fingerprint density at radius 2 is 1.64 bits per heavy atom. The SMILES string of the molecule is CC(/C=C/c1c(C)ccc(C)c1C)=C\C=C\C(C)=C\C(=O)O. The maximum atomic E-state index is 10.5. The lowest BCUT2D eigenvalue weighted by Crippen LogP contribution is -1.89. The number of aryl methyl sites for hydroxylation is 2. The monoisotopic (exact) mass is 296 g/mol. The van der Waals surface area contributed by atoms with E-state index in [4.69, 9.17) is 5.11 Å². The molecule has 1 aromatic rings. The minimum atomic E-state index is -0.923. The first-order chi connectivity index (χ1) is 10.3. The number of benzene rings is 1. The zero-order valence-corrected chi connectivity index (χ0v) is 14.0. The first kappa shape index (κ1) is 17.7. The maximum Gasteiger partial charge on any atom is 0.328 e. The van der Waals surface area contributed by atoms with E-state index in [-0.39, 0.29) is 0 Å². The molecule has 0 spiro atoms. The van der Waals surface area contributed by atoms with E-state index >= 15 is 0 Å². The van der Waals surface area contributed by atoms with E-state index in [2.05, 4.69) is 45.1 Å². The van der Waals surface area contributed by atoms with Crippen molar-refractivity contribution in [1.82, 2.24) is 0 Å². The van der Waals surface area contributed by atoms with Crippen molar-refractivity contribution in [3.63, 3.8) is 0 Å². The fraction of sp³-hybridized carbons (Fsp3) is 0.250. The van der Waals surface area contributed by atoms with Gasteiger partial charge in [-0.25, -0.2) is 4.79 Å². The highest BCUT2D eigenvalue weighted by Crippen LogP contribution is 2.19. The predicted octanol–water partition coefficient (Wildman–Crippen LogP) is 5.16. The molecule has 0 aliphatic heterocycles. The van der Waals surface area contributed by atoms with Gasteiger partial charge in [0.25, 0.3) is 0 Å². The molecule has 116 valence electrons. The smallest absolute Gasteiger partial charge is 0.328 e. The van der Waals surface area contributed by atoms with Gasteiger partial charge in [-0.2, -0.15) is 0 Å². The molecular weight excluding hydrogens is 272 g/mol. The van der Waals surface area contributed by atoms with E-state index in [1.807, 2.05) is 19.1 Å². The number of hydrogen-bond acceptors (Lipinski definition) is 1. The zero-order valence-electron chi connectivity index (χ0n) is 14.0. The highest BCUT2D eigenvalue weighted by Gasteiger charge is 2.01. The van der Waals surface area contributed by atoms with E-state index in [0.717, 1.165) is 5.57 Å². The van der Waals surface area contributed by atoms with Gasteiger partial charge in [-0.15, -0.1) is 0 Å². The molecule has 1 N–H and O–H groups in total. The molecule has 0 heterocycles. The van der Waals surface area contributed by atoms with Crippen molar-refractivity contribution in [2.45, 2.75) is 34.6 Å². The lowest BCUT2D eigenvalue weighted by molar-refractivity contribution is -0.131. The molecule has 0 saturated carbocycles. The van der Waals surface area contributed by atoms with Gasteiger partial charge >= 0.3 is 5.97 Å². The normalized spacial score (nSPS) is 13.3. The molecule has 1 rings (SSSR count). The maximum absolute atomic E-state index is 10.5. The molecule has 2 heteroatoms. The van der Waals surface area contributed by atoms with Crippen LogP contribution < -0.4 is 0 Å². The quantitative estimate of drug-likeness (QED) is 0.602. The van der Waals surface area contributed by atoms with E-state index in [1.165, 1.54) is 28.3 Å². The molecule has 0 aromatic heterocycles. The van der Waals surface area contributed by atoms with Crippen LogP contribution in [0.4, 0.5) is 0 Å². The molecule has 0 aliphatic rings. The molecular formula is C20H24O2. The van der Waals surface area contributed by atoms with Crippen LogP contribution in [0.5, 0.6) is 0 Å². The van der Waals surface area contributed by atoms with Crippen molar-refractivity contribution in [2.75, 3.05) is 0 Å². The third-order valence-corrected chi connectivity index (χ3v) is 3.59. The minimum absolute atomic E-state index is 0.714.